The number of halogens is 1. The fraction of sp³-hybridized carbons (Fsp3) is 0.769. The molecule has 104 valence electrons. The third-order valence-electron chi connectivity index (χ3n) is 2.87. The first-order valence-electron chi connectivity index (χ1n) is 6.58. The summed E-state index contributed by atoms with van der Waals surface area (Å²) in [5.41, 5.74) is 1.11. The van der Waals surface area contributed by atoms with Crippen LogP contribution in [-0.2, 0) is 17.7 Å². The van der Waals surface area contributed by atoms with Crippen LogP contribution in [-0.4, -0.2) is 36.6 Å². The minimum atomic E-state index is 0.548. The quantitative estimate of drug-likeness (QED) is 0.702. The number of hydrogen-bond acceptors (Lipinski definition) is 3. The molecule has 0 fully saturated rings. The number of methoxy groups -OCH3 is 1. The Morgan fingerprint density at radius 1 is 1.56 bits per heavy atom. The molecule has 1 aromatic rings. The average molecular weight is 274 g/mol. The Hall–Kier alpha value is -0.580. The Kier molecular flexibility index (Phi) is 7.32. The first kappa shape index (κ1) is 15.5. The van der Waals surface area contributed by atoms with Gasteiger partial charge in [0.2, 0.25) is 0 Å². The molecule has 0 saturated carbocycles. The van der Waals surface area contributed by atoms with E-state index in [-0.39, 0.29) is 0 Å². The normalized spacial score (nSPS) is 12.9. The number of ether oxygens (including phenoxy) is 1. The van der Waals surface area contributed by atoms with Gasteiger partial charge >= 0.3 is 0 Å². The van der Waals surface area contributed by atoms with Gasteiger partial charge in [-0.15, -0.1) is 0 Å². The van der Waals surface area contributed by atoms with Crippen LogP contribution in [0.2, 0.25) is 5.02 Å². The van der Waals surface area contributed by atoms with Crippen molar-refractivity contribution in [2.24, 2.45) is 5.92 Å². The number of rotatable bonds is 9. The molecule has 4 nitrogen and oxygen atoms in total. The van der Waals surface area contributed by atoms with Gasteiger partial charge in [-0.2, -0.15) is 5.10 Å². The molecule has 1 N–H and O–H groups in total. The molecule has 5 heteroatoms. The van der Waals surface area contributed by atoms with Crippen LogP contribution in [0, 0.1) is 5.92 Å². The summed E-state index contributed by atoms with van der Waals surface area (Å²) in [5.74, 6) is 0.548. The zero-order valence-electron chi connectivity index (χ0n) is 11.6. The van der Waals surface area contributed by atoms with Gasteiger partial charge in [-0.3, -0.25) is 4.68 Å². The topological polar surface area (TPSA) is 39.1 Å². The molecule has 18 heavy (non-hydrogen) atoms. The summed E-state index contributed by atoms with van der Waals surface area (Å²) >= 11 is 6.18. The van der Waals surface area contributed by atoms with Crippen LogP contribution in [0.3, 0.4) is 0 Å². The van der Waals surface area contributed by atoms with Crippen molar-refractivity contribution in [1.82, 2.24) is 15.1 Å². The van der Waals surface area contributed by atoms with Crippen molar-refractivity contribution in [2.75, 3.05) is 26.8 Å². The highest BCUT2D eigenvalue weighted by molar-refractivity contribution is 6.31. The van der Waals surface area contributed by atoms with Crippen molar-refractivity contribution in [3.8, 4) is 0 Å². The molecule has 1 unspecified atom stereocenters. The molecule has 1 rings (SSSR count). The second kappa shape index (κ2) is 8.51. The summed E-state index contributed by atoms with van der Waals surface area (Å²) in [4.78, 5) is 0. The van der Waals surface area contributed by atoms with Crippen LogP contribution in [0.4, 0.5) is 0 Å². The number of nitrogens with one attached hydrogen (secondary N) is 1. The van der Waals surface area contributed by atoms with Crippen LogP contribution >= 0.6 is 11.6 Å². The van der Waals surface area contributed by atoms with Crippen molar-refractivity contribution < 1.29 is 4.74 Å². The lowest BCUT2D eigenvalue weighted by Crippen LogP contribution is -2.24. The molecule has 0 amide bonds. The maximum Gasteiger partial charge on any atom is 0.0817 e. The standard InChI is InChI=1S/C13H24ClN3O/c1-4-5-15-9-11(2)8-13-12(14)10-16-17(13)6-7-18-3/h10-11,15H,4-9H2,1-3H3. The van der Waals surface area contributed by atoms with Gasteiger partial charge in [0.1, 0.15) is 0 Å². The molecule has 0 aliphatic carbocycles. The first-order chi connectivity index (χ1) is 8.69. The second-order valence-electron chi connectivity index (χ2n) is 4.67. The summed E-state index contributed by atoms with van der Waals surface area (Å²) < 4.78 is 7.02. The Morgan fingerprint density at radius 2 is 2.33 bits per heavy atom. The molecule has 1 aromatic heterocycles. The number of aromatic nitrogens is 2. The second-order valence-corrected chi connectivity index (χ2v) is 5.08. The predicted octanol–water partition coefficient (Wildman–Crippen LogP) is 2.36. The van der Waals surface area contributed by atoms with E-state index in [0.29, 0.717) is 12.5 Å². The number of nitrogens with zero attached hydrogens (tertiary/aromatic N) is 2. The molecular weight excluding hydrogens is 250 g/mol. The van der Waals surface area contributed by atoms with E-state index >= 15 is 0 Å². The zero-order valence-corrected chi connectivity index (χ0v) is 12.3. The van der Waals surface area contributed by atoms with Gasteiger partial charge in [-0.25, -0.2) is 0 Å². The minimum absolute atomic E-state index is 0.548. The Bertz CT molecular complexity index is 341. The van der Waals surface area contributed by atoms with Crippen molar-refractivity contribution in [3.63, 3.8) is 0 Å². The van der Waals surface area contributed by atoms with Crippen LogP contribution in [0.25, 0.3) is 0 Å². The van der Waals surface area contributed by atoms with E-state index in [1.54, 1.807) is 13.3 Å². The van der Waals surface area contributed by atoms with Crippen LogP contribution in [0.1, 0.15) is 26.0 Å². The highest BCUT2D eigenvalue weighted by Crippen LogP contribution is 2.18. The van der Waals surface area contributed by atoms with Gasteiger partial charge < -0.3 is 10.1 Å². The largest absolute Gasteiger partial charge is 0.383 e. The molecule has 0 aliphatic rings. The van der Waals surface area contributed by atoms with Crippen LogP contribution in [0.5, 0.6) is 0 Å². The zero-order chi connectivity index (χ0) is 13.4. The molecule has 0 radical (unpaired) electrons. The highest BCUT2D eigenvalue weighted by Gasteiger charge is 2.12. The van der Waals surface area contributed by atoms with Crippen LogP contribution < -0.4 is 5.32 Å². The summed E-state index contributed by atoms with van der Waals surface area (Å²) in [7, 11) is 1.70. The van der Waals surface area contributed by atoms with Crippen molar-refractivity contribution >= 4 is 11.6 Å². The average Bonchev–Trinajstić information content (AvgIpc) is 2.69. The monoisotopic (exact) mass is 273 g/mol. The van der Waals surface area contributed by atoms with Gasteiger partial charge in [-0.05, 0) is 31.8 Å². The van der Waals surface area contributed by atoms with E-state index in [0.717, 1.165) is 36.8 Å². The first-order valence-corrected chi connectivity index (χ1v) is 6.96. The smallest absolute Gasteiger partial charge is 0.0817 e. The van der Waals surface area contributed by atoms with Gasteiger partial charge in [0, 0.05) is 7.11 Å². The summed E-state index contributed by atoms with van der Waals surface area (Å²) in [5, 5.41) is 8.48. The lowest BCUT2D eigenvalue weighted by Gasteiger charge is -2.14. The summed E-state index contributed by atoms with van der Waals surface area (Å²) in [6.07, 6.45) is 3.83. The van der Waals surface area contributed by atoms with Crippen molar-refractivity contribution in [2.45, 2.75) is 33.2 Å². The maximum absolute atomic E-state index is 6.18. The molecular formula is C13H24ClN3O. The summed E-state index contributed by atoms with van der Waals surface area (Å²) in [6, 6.07) is 0. The third-order valence-corrected chi connectivity index (χ3v) is 3.18. The Morgan fingerprint density at radius 3 is 3.00 bits per heavy atom. The van der Waals surface area contributed by atoms with E-state index in [9.17, 15) is 0 Å². The third kappa shape index (κ3) is 4.96. The van der Waals surface area contributed by atoms with E-state index in [4.69, 9.17) is 16.3 Å². The number of hydrogen-bond donors (Lipinski definition) is 1. The van der Waals surface area contributed by atoms with Crippen LogP contribution in [0.15, 0.2) is 6.20 Å². The minimum Gasteiger partial charge on any atom is -0.383 e. The Labute approximate surface area is 115 Å². The van der Waals surface area contributed by atoms with E-state index in [1.165, 1.54) is 6.42 Å². The molecule has 0 saturated heterocycles. The lowest BCUT2D eigenvalue weighted by atomic mass is 10.1. The molecule has 0 spiro atoms. The van der Waals surface area contributed by atoms with Gasteiger partial charge in [0.05, 0.1) is 30.1 Å². The van der Waals surface area contributed by atoms with Crippen molar-refractivity contribution in [1.29, 1.82) is 0 Å². The molecule has 0 aromatic carbocycles. The van der Waals surface area contributed by atoms with Gasteiger partial charge in [-0.1, -0.05) is 25.4 Å². The highest BCUT2D eigenvalue weighted by atomic mass is 35.5. The SMILES string of the molecule is CCCNCC(C)Cc1c(Cl)cnn1CCOC. The lowest BCUT2D eigenvalue weighted by molar-refractivity contribution is 0.182. The molecule has 1 heterocycles. The maximum atomic E-state index is 6.18. The fourth-order valence-corrected chi connectivity index (χ4v) is 2.11. The van der Waals surface area contributed by atoms with Crippen molar-refractivity contribution in [3.05, 3.63) is 16.9 Å². The predicted molar refractivity (Wildman–Crippen MR) is 75.1 cm³/mol. The molecule has 1 atom stereocenters. The van der Waals surface area contributed by atoms with E-state index in [2.05, 4.69) is 24.3 Å². The van der Waals surface area contributed by atoms with E-state index < -0.39 is 0 Å². The van der Waals surface area contributed by atoms with E-state index in [1.807, 2.05) is 4.68 Å². The Balaban J connectivity index is 2.51. The molecule has 0 aliphatic heterocycles. The molecule has 0 bridgehead atoms. The fourth-order valence-electron chi connectivity index (χ4n) is 1.89. The van der Waals surface area contributed by atoms with Gasteiger partial charge in [0.25, 0.3) is 0 Å². The summed E-state index contributed by atoms with van der Waals surface area (Å²) in [6.45, 7) is 7.91. The van der Waals surface area contributed by atoms with Gasteiger partial charge in [0.15, 0.2) is 0 Å².